The highest BCUT2D eigenvalue weighted by atomic mass is 15.2. The summed E-state index contributed by atoms with van der Waals surface area (Å²) in [5.41, 5.74) is 1.31. The molecule has 2 heterocycles. The fourth-order valence-electron chi connectivity index (χ4n) is 2.88. The number of aryl methyl sites for hydroxylation is 2. The summed E-state index contributed by atoms with van der Waals surface area (Å²) in [4.78, 5) is 11.7. The third-order valence-corrected chi connectivity index (χ3v) is 4.03. The summed E-state index contributed by atoms with van der Waals surface area (Å²) >= 11 is 0. The second-order valence-corrected chi connectivity index (χ2v) is 7.09. The molecule has 1 aliphatic rings. The van der Waals surface area contributed by atoms with Gasteiger partial charge in [0.05, 0.1) is 0 Å². The van der Waals surface area contributed by atoms with Crippen molar-refractivity contribution in [2.45, 2.75) is 71.9 Å². The maximum Gasteiger partial charge on any atom is 0.132 e. The SMILES string of the molecule is CCc1cc(N2CCCCC2CNC(C)(C)C)nc(C)n1. The van der Waals surface area contributed by atoms with Crippen LogP contribution in [0.1, 0.15) is 58.5 Å². The van der Waals surface area contributed by atoms with Crippen molar-refractivity contribution in [2.24, 2.45) is 0 Å². The van der Waals surface area contributed by atoms with E-state index in [4.69, 9.17) is 0 Å². The van der Waals surface area contributed by atoms with Gasteiger partial charge in [-0.05, 0) is 53.4 Å². The normalized spacial score (nSPS) is 19.9. The summed E-state index contributed by atoms with van der Waals surface area (Å²) in [6.45, 7) is 13.0. The van der Waals surface area contributed by atoms with Gasteiger partial charge in [0, 0.05) is 36.4 Å². The second kappa shape index (κ2) is 6.73. The minimum Gasteiger partial charge on any atom is -0.352 e. The molecule has 0 bridgehead atoms. The molecule has 4 nitrogen and oxygen atoms in total. The molecular weight excluding hydrogens is 260 g/mol. The Bertz CT molecular complexity index is 464. The Balaban J connectivity index is 2.16. The number of nitrogens with zero attached hydrogens (tertiary/aromatic N) is 3. The molecule has 0 radical (unpaired) electrons. The fourth-order valence-corrected chi connectivity index (χ4v) is 2.88. The van der Waals surface area contributed by atoms with Crippen molar-refractivity contribution in [3.8, 4) is 0 Å². The third kappa shape index (κ3) is 4.67. The lowest BCUT2D eigenvalue weighted by molar-refractivity contribution is 0.365. The summed E-state index contributed by atoms with van der Waals surface area (Å²) in [6.07, 6.45) is 4.79. The first-order chi connectivity index (χ1) is 9.89. The Labute approximate surface area is 129 Å². The van der Waals surface area contributed by atoms with Gasteiger partial charge in [-0.1, -0.05) is 6.92 Å². The van der Waals surface area contributed by atoms with Gasteiger partial charge >= 0.3 is 0 Å². The molecule has 0 spiro atoms. The fraction of sp³-hybridized carbons (Fsp3) is 0.765. The topological polar surface area (TPSA) is 41.0 Å². The van der Waals surface area contributed by atoms with Gasteiger partial charge < -0.3 is 10.2 Å². The molecule has 0 aliphatic carbocycles. The van der Waals surface area contributed by atoms with Crippen LogP contribution in [0.4, 0.5) is 5.82 Å². The van der Waals surface area contributed by atoms with Crippen molar-refractivity contribution < 1.29 is 0 Å². The standard InChI is InChI=1S/C17H30N4/c1-6-14-11-16(20-13(2)19-14)21-10-8-7-9-15(21)12-18-17(3,4)5/h11,15,18H,6-10,12H2,1-5H3. The number of aromatic nitrogens is 2. The van der Waals surface area contributed by atoms with Crippen LogP contribution in [-0.2, 0) is 6.42 Å². The predicted molar refractivity (Wildman–Crippen MR) is 88.9 cm³/mol. The Morgan fingerprint density at radius 2 is 2.05 bits per heavy atom. The number of nitrogens with one attached hydrogen (secondary N) is 1. The molecule has 1 unspecified atom stereocenters. The van der Waals surface area contributed by atoms with Gasteiger partial charge in [0.1, 0.15) is 11.6 Å². The molecule has 4 heteroatoms. The van der Waals surface area contributed by atoms with Crippen LogP contribution in [0, 0.1) is 6.92 Å². The highest BCUT2D eigenvalue weighted by molar-refractivity contribution is 5.42. The molecule has 0 aromatic carbocycles. The van der Waals surface area contributed by atoms with Crippen LogP contribution in [0.5, 0.6) is 0 Å². The molecule has 1 aromatic heterocycles. The van der Waals surface area contributed by atoms with Gasteiger partial charge in [-0.25, -0.2) is 9.97 Å². The second-order valence-electron chi connectivity index (χ2n) is 7.09. The van der Waals surface area contributed by atoms with E-state index in [-0.39, 0.29) is 5.54 Å². The first kappa shape index (κ1) is 16.2. The lowest BCUT2D eigenvalue weighted by atomic mass is 10.0. The van der Waals surface area contributed by atoms with Crippen molar-refractivity contribution in [3.63, 3.8) is 0 Å². The monoisotopic (exact) mass is 290 g/mol. The molecule has 118 valence electrons. The maximum atomic E-state index is 4.69. The Morgan fingerprint density at radius 1 is 1.29 bits per heavy atom. The molecule has 21 heavy (non-hydrogen) atoms. The lowest BCUT2D eigenvalue weighted by Crippen LogP contribution is -2.50. The van der Waals surface area contributed by atoms with Gasteiger partial charge in [0.25, 0.3) is 0 Å². The highest BCUT2D eigenvalue weighted by Crippen LogP contribution is 2.24. The van der Waals surface area contributed by atoms with Gasteiger partial charge in [0.15, 0.2) is 0 Å². The highest BCUT2D eigenvalue weighted by Gasteiger charge is 2.25. The van der Waals surface area contributed by atoms with Gasteiger partial charge in [-0.2, -0.15) is 0 Å². The van der Waals surface area contributed by atoms with Crippen LogP contribution < -0.4 is 10.2 Å². The van der Waals surface area contributed by atoms with E-state index in [1.807, 2.05) is 6.92 Å². The van der Waals surface area contributed by atoms with Crippen molar-refractivity contribution >= 4 is 5.82 Å². The number of hydrogen-bond donors (Lipinski definition) is 1. The molecule has 1 aliphatic heterocycles. The molecule has 1 N–H and O–H groups in total. The van der Waals surface area contributed by atoms with E-state index in [1.54, 1.807) is 0 Å². The molecular formula is C17H30N4. The minimum absolute atomic E-state index is 0.166. The summed E-state index contributed by atoms with van der Waals surface area (Å²) in [7, 11) is 0. The minimum atomic E-state index is 0.166. The molecule has 0 amide bonds. The maximum absolute atomic E-state index is 4.69. The van der Waals surface area contributed by atoms with Crippen LogP contribution in [0.2, 0.25) is 0 Å². The van der Waals surface area contributed by atoms with E-state index in [2.05, 4.69) is 53.9 Å². The third-order valence-electron chi connectivity index (χ3n) is 4.03. The first-order valence-corrected chi connectivity index (χ1v) is 8.25. The number of hydrogen-bond acceptors (Lipinski definition) is 4. The predicted octanol–water partition coefficient (Wildman–Crippen LogP) is 3.09. The van der Waals surface area contributed by atoms with E-state index < -0.39 is 0 Å². The zero-order chi connectivity index (χ0) is 15.5. The first-order valence-electron chi connectivity index (χ1n) is 8.25. The van der Waals surface area contributed by atoms with Crippen molar-refractivity contribution in [1.29, 1.82) is 0 Å². The molecule has 1 aromatic rings. The summed E-state index contributed by atoms with van der Waals surface area (Å²) in [5, 5.41) is 3.65. The van der Waals surface area contributed by atoms with Gasteiger partial charge in [0.2, 0.25) is 0 Å². The van der Waals surface area contributed by atoms with Gasteiger partial charge in [-0.3, -0.25) is 0 Å². The van der Waals surface area contributed by atoms with E-state index in [0.717, 1.165) is 36.8 Å². The molecule has 1 atom stereocenters. The summed E-state index contributed by atoms with van der Waals surface area (Å²) < 4.78 is 0. The van der Waals surface area contributed by atoms with Crippen LogP contribution in [0.15, 0.2) is 6.07 Å². The number of rotatable bonds is 4. The van der Waals surface area contributed by atoms with Crippen molar-refractivity contribution in [2.75, 3.05) is 18.0 Å². The quantitative estimate of drug-likeness (QED) is 0.925. The van der Waals surface area contributed by atoms with Crippen molar-refractivity contribution in [3.05, 3.63) is 17.6 Å². The number of piperidine rings is 1. The van der Waals surface area contributed by atoms with E-state index in [0.29, 0.717) is 6.04 Å². The van der Waals surface area contributed by atoms with Crippen LogP contribution in [0.25, 0.3) is 0 Å². The largest absolute Gasteiger partial charge is 0.352 e. The van der Waals surface area contributed by atoms with Crippen LogP contribution in [-0.4, -0.2) is 34.6 Å². The molecule has 0 saturated carbocycles. The Hall–Kier alpha value is -1.16. The average Bonchev–Trinajstić information content (AvgIpc) is 2.44. The number of anilines is 1. The van der Waals surface area contributed by atoms with Crippen molar-refractivity contribution in [1.82, 2.24) is 15.3 Å². The molecule has 2 rings (SSSR count). The lowest BCUT2D eigenvalue weighted by Gasteiger charge is -2.38. The van der Waals surface area contributed by atoms with E-state index in [1.165, 1.54) is 19.3 Å². The average molecular weight is 290 g/mol. The van der Waals surface area contributed by atoms with Gasteiger partial charge in [-0.15, -0.1) is 0 Å². The molecule has 1 fully saturated rings. The zero-order valence-electron chi connectivity index (χ0n) is 14.2. The Morgan fingerprint density at radius 3 is 2.71 bits per heavy atom. The zero-order valence-corrected chi connectivity index (χ0v) is 14.2. The van der Waals surface area contributed by atoms with Crippen LogP contribution in [0.3, 0.4) is 0 Å². The van der Waals surface area contributed by atoms with E-state index >= 15 is 0 Å². The Kier molecular flexibility index (Phi) is 5.20. The smallest absolute Gasteiger partial charge is 0.132 e. The molecule has 1 saturated heterocycles. The van der Waals surface area contributed by atoms with E-state index in [9.17, 15) is 0 Å². The summed E-state index contributed by atoms with van der Waals surface area (Å²) in [6, 6.07) is 2.71. The summed E-state index contributed by atoms with van der Waals surface area (Å²) in [5.74, 6) is 2.00. The van der Waals surface area contributed by atoms with Crippen LogP contribution >= 0.6 is 0 Å².